The highest BCUT2D eigenvalue weighted by Gasteiger charge is 2.36. The van der Waals surface area contributed by atoms with Crippen molar-refractivity contribution < 1.29 is 4.74 Å². The molecule has 0 N–H and O–H groups in total. The highest BCUT2D eigenvalue weighted by atomic mass is 16.5. The van der Waals surface area contributed by atoms with Gasteiger partial charge in [-0.05, 0) is 84.6 Å². The predicted molar refractivity (Wildman–Crippen MR) is 135 cm³/mol. The van der Waals surface area contributed by atoms with Crippen LogP contribution in [-0.4, -0.2) is 7.11 Å². The molecule has 1 aliphatic carbocycles. The summed E-state index contributed by atoms with van der Waals surface area (Å²) in [5.74, 6) is 0.900. The lowest BCUT2D eigenvalue weighted by molar-refractivity contribution is 0.414. The Morgan fingerprint density at radius 2 is 1.16 bits per heavy atom. The maximum absolute atomic E-state index is 5.51. The number of aryl methyl sites for hydroxylation is 2. The molecule has 0 amide bonds. The quantitative estimate of drug-likeness (QED) is 0.331. The van der Waals surface area contributed by atoms with Gasteiger partial charge in [-0.2, -0.15) is 0 Å². The smallest absolute Gasteiger partial charge is 0.119 e. The van der Waals surface area contributed by atoms with E-state index >= 15 is 0 Å². The lowest BCUT2D eigenvalue weighted by atomic mass is 9.82. The SMILES string of the molecule is COc1ccc2c(c1)-c1ccc(N(c3ccc(C)cc3)c3ccc(C)cc3)cc1C2(C)C. The zero-order valence-electron chi connectivity index (χ0n) is 19.4. The van der Waals surface area contributed by atoms with Gasteiger partial charge >= 0.3 is 0 Å². The Bertz CT molecular complexity index is 1240. The van der Waals surface area contributed by atoms with E-state index in [1.165, 1.54) is 39.1 Å². The van der Waals surface area contributed by atoms with Crippen LogP contribution in [0.2, 0.25) is 0 Å². The van der Waals surface area contributed by atoms with E-state index < -0.39 is 0 Å². The van der Waals surface area contributed by atoms with Gasteiger partial charge in [0, 0.05) is 22.5 Å². The van der Waals surface area contributed by atoms with Crippen molar-refractivity contribution in [2.45, 2.75) is 33.1 Å². The third-order valence-electron chi connectivity index (χ3n) is 6.71. The van der Waals surface area contributed by atoms with Gasteiger partial charge in [-0.25, -0.2) is 0 Å². The second-order valence-corrected chi connectivity index (χ2v) is 9.27. The average Bonchev–Trinajstić information content (AvgIpc) is 3.02. The van der Waals surface area contributed by atoms with Crippen molar-refractivity contribution in [1.29, 1.82) is 0 Å². The molecule has 0 unspecified atom stereocenters. The Hall–Kier alpha value is -3.52. The fourth-order valence-electron chi connectivity index (χ4n) is 4.82. The lowest BCUT2D eigenvalue weighted by Gasteiger charge is -2.28. The molecule has 2 nitrogen and oxygen atoms in total. The van der Waals surface area contributed by atoms with Crippen LogP contribution in [0, 0.1) is 13.8 Å². The summed E-state index contributed by atoms with van der Waals surface area (Å²) in [5, 5.41) is 0. The Morgan fingerprint density at radius 1 is 0.594 bits per heavy atom. The number of rotatable bonds is 4. The van der Waals surface area contributed by atoms with E-state index in [0.29, 0.717) is 0 Å². The van der Waals surface area contributed by atoms with Crippen molar-refractivity contribution in [2.75, 3.05) is 12.0 Å². The number of nitrogens with zero attached hydrogens (tertiary/aromatic N) is 1. The maximum Gasteiger partial charge on any atom is 0.119 e. The molecule has 32 heavy (non-hydrogen) atoms. The minimum atomic E-state index is -0.0703. The van der Waals surface area contributed by atoms with Gasteiger partial charge in [0.05, 0.1) is 7.11 Å². The normalized spacial score (nSPS) is 13.4. The summed E-state index contributed by atoms with van der Waals surface area (Å²) in [7, 11) is 1.73. The number of hydrogen-bond acceptors (Lipinski definition) is 2. The predicted octanol–water partition coefficient (Wildman–Crippen LogP) is 8.09. The summed E-state index contributed by atoms with van der Waals surface area (Å²) in [5.41, 5.74) is 11.2. The maximum atomic E-state index is 5.51. The largest absolute Gasteiger partial charge is 0.497 e. The minimum Gasteiger partial charge on any atom is -0.497 e. The van der Waals surface area contributed by atoms with Crippen molar-refractivity contribution in [2.24, 2.45) is 0 Å². The molecule has 0 saturated carbocycles. The summed E-state index contributed by atoms with van der Waals surface area (Å²) in [6.07, 6.45) is 0. The van der Waals surface area contributed by atoms with Crippen molar-refractivity contribution >= 4 is 17.1 Å². The van der Waals surface area contributed by atoms with E-state index in [1.807, 2.05) is 0 Å². The second-order valence-electron chi connectivity index (χ2n) is 9.27. The van der Waals surface area contributed by atoms with E-state index in [1.54, 1.807) is 7.11 Å². The van der Waals surface area contributed by atoms with Gasteiger partial charge in [0.25, 0.3) is 0 Å². The topological polar surface area (TPSA) is 12.5 Å². The van der Waals surface area contributed by atoms with E-state index in [2.05, 4.69) is 118 Å². The highest BCUT2D eigenvalue weighted by molar-refractivity contribution is 5.86. The molecule has 5 rings (SSSR count). The third-order valence-corrected chi connectivity index (χ3v) is 6.71. The van der Waals surface area contributed by atoms with Crippen LogP contribution < -0.4 is 9.64 Å². The molecule has 1 aliphatic rings. The first kappa shape index (κ1) is 20.4. The Balaban J connectivity index is 1.68. The monoisotopic (exact) mass is 419 g/mol. The molecular formula is C30H29NO. The summed E-state index contributed by atoms with van der Waals surface area (Å²) < 4.78 is 5.51. The van der Waals surface area contributed by atoms with E-state index in [9.17, 15) is 0 Å². The van der Waals surface area contributed by atoms with Gasteiger partial charge < -0.3 is 9.64 Å². The third kappa shape index (κ3) is 3.27. The fraction of sp³-hybridized carbons (Fsp3) is 0.200. The molecule has 160 valence electrons. The molecule has 0 fully saturated rings. The Labute approximate surface area is 191 Å². The first-order chi connectivity index (χ1) is 15.4. The first-order valence-electron chi connectivity index (χ1n) is 11.2. The van der Waals surface area contributed by atoms with Crippen LogP contribution in [0.15, 0.2) is 84.9 Å². The molecule has 0 bridgehead atoms. The minimum absolute atomic E-state index is 0.0703. The van der Waals surface area contributed by atoms with Crippen molar-refractivity contribution in [1.82, 2.24) is 0 Å². The molecule has 0 atom stereocenters. The number of ether oxygens (including phenoxy) is 1. The van der Waals surface area contributed by atoms with E-state index in [-0.39, 0.29) is 5.41 Å². The number of hydrogen-bond donors (Lipinski definition) is 0. The highest BCUT2D eigenvalue weighted by Crippen LogP contribution is 2.51. The van der Waals surface area contributed by atoms with Crippen LogP contribution in [0.25, 0.3) is 11.1 Å². The molecule has 0 aliphatic heterocycles. The van der Waals surface area contributed by atoms with Crippen LogP contribution in [-0.2, 0) is 5.41 Å². The summed E-state index contributed by atoms with van der Waals surface area (Å²) in [6, 6.07) is 30.8. The van der Waals surface area contributed by atoms with Gasteiger partial charge in [0.1, 0.15) is 5.75 Å². The van der Waals surface area contributed by atoms with Crippen LogP contribution in [0.5, 0.6) is 5.75 Å². The zero-order valence-corrected chi connectivity index (χ0v) is 19.4. The molecule has 0 aromatic heterocycles. The molecule has 2 heteroatoms. The van der Waals surface area contributed by atoms with Crippen molar-refractivity contribution in [3.8, 4) is 16.9 Å². The first-order valence-corrected chi connectivity index (χ1v) is 11.2. The Morgan fingerprint density at radius 3 is 1.72 bits per heavy atom. The molecule has 0 spiro atoms. The standard InChI is InChI=1S/C30H29NO/c1-20-6-10-22(11-7-20)31(23-12-8-21(2)9-13-23)24-14-16-26-27-19-25(32-5)15-17-28(27)30(3,4)29(26)18-24/h6-19H,1-5H3. The lowest BCUT2D eigenvalue weighted by Crippen LogP contribution is -2.16. The van der Waals surface area contributed by atoms with Crippen LogP contribution in [0.4, 0.5) is 17.1 Å². The summed E-state index contributed by atoms with van der Waals surface area (Å²) in [6.45, 7) is 8.89. The molecular weight excluding hydrogens is 390 g/mol. The van der Waals surface area contributed by atoms with Gasteiger partial charge in [-0.15, -0.1) is 0 Å². The molecule has 4 aromatic carbocycles. The zero-order chi connectivity index (χ0) is 22.5. The number of benzene rings is 4. The van der Waals surface area contributed by atoms with Crippen molar-refractivity contribution in [3.05, 3.63) is 107 Å². The molecule has 0 saturated heterocycles. The number of methoxy groups -OCH3 is 1. The van der Waals surface area contributed by atoms with Gasteiger partial charge in [0.2, 0.25) is 0 Å². The summed E-state index contributed by atoms with van der Waals surface area (Å²) >= 11 is 0. The molecule has 4 aromatic rings. The van der Waals surface area contributed by atoms with Crippen LogP contribution >= 0.6 is 0 Å². The van der Waals surface area contributed by atoms with Gasteiger partial charge in [-0.1, -0.05) is 61.4 Å². The average molecular weight is 420 g/mol. The Kier molecular flexibility index (Phi) is 4.82. The van der Waals surface area contributed by atoms with Crippen molar-refractivity contribution in [3.63, 3.8) is 0 Å². The molecule has 0 radical (unpaired) electrons. The van der Waals surface area contributed by atoms with Gasteiger partial charge in [-0.3, -0.25) is 0 Å². The second kappa shape index (κ2) is 7.56. The van der Waals surface area contributed by atoms with Gasteiger partial charge in [0.15, 0.2) is 0 Å². The van der Waals surface area contributed by atoms with E-state index in [4.69, 9.17) is 4.74 Å². The molecule has 0 heterocycles. The summed E-state index contributed by atoms with van der Waals surface area (Å²) in [4.78, 5) is 2.35. The van der Waals surface area contributed by atoms with E-state index in [0.717, 1.165) is 17.1 Å². The number of fused-ring (bicyclic) bond motifs is 3. The van der Waals surface area contributed by atoms with Crippen LogP contribution in [0.3, 0.4) is 0 Å². The van der Waals surface area contributed by atoms with Crippen LogP contribution in [0.1, 0.15) is 36.1 Å². The fourth-order valence-corrected chi connectivity index (χ4v) is 4.82. The number of anilines is 3.